The molecule has 0 aromatic heterocycles. The molecule has 5 heteroatoms. The van der Waals surface area contributed by atoms with Crippen LogP contribution in [0.1, 0.15) is 24.0 Å². The first-order valence-corrected chi connectivity index (χ1v) is 9.17. The van der Waals surface area contributed by atoms with Crippen molar-refractivity contribution in [2.24, 2.45) is 0 Å². The molecule has 0 atom stereocenters. The molecule has 1 fully saturated rings. The van der Waals surface area contributed by atoms with Crippen molar-refractivity contribution in [3.05, 3.63) is 65.7 Å². The topological polar surface area (TPSA) is 58.6 Å². The predicted molar refractivity (Wildman–Crippen MR) is 108 cm³/mol. The van der Waals surface area contributed by atoms with Gasteiger partial charge in [0.2, 0.25) is 0 Å². The van der Waals surface area contributed by atoms with E-state index in [-0.39, 0.29) is 12.5 Å². The number of rotatable bonds is 6. The Balaban J connectivity index is 1.45. The molecule has 3 rings (SSSR count). The summed E-state index contributed by atoms with van der Waals surface area (Å²) in [6.45, 7) is 3.81. The lowest BCUT2D eigenvalue weighted by Gasteiger charge is -2.17. The van der Waals surface area contributed by atoms with Crippen molar-refractivity contribution >= 4 is 29.3 Å². The molecule has 0 spiro atoms. The van der Waals surface area contributed by atoms with Gasteiger partial charge < -0.3 is 15.0 Å². The van der Waals surface area contributed by atoms with Gasteiger partial charge in [0.25, 0.3) is 5.91 Å². The van der Waals surface area contributed by atoms with Crippen LogP contribution in [-0.4, -0.2) is 31.6 Å². The summed E-state index contributed by atoms with van der Waals surface area (Å²) in [5, 5.41) is 2.74. The van der Waals surface area contributed by atoms with E-state index in [1.165, 1.54) is 24.6 Å². The van der Waals surface area contributed by atoms with Crippen molar-refractivity contribution < 1.29 is 14.3 Å². The van der Waals surface area contributed by atoms with Crippen LogP contribution in [-0.2, 0) is 14.3 Å². The van der Waals surface area contributed by atoms with Crippen LogP contribution in [0.4, 0.5) is 11.4 Å². The van der Waals surface area contributed by atoms with Crippen LogP contribution in [0.3, 0.4) is 0 Å². The molecule has 1 saturated heterocycles. The van der Waals surface area contributed by atoms with Crippen molar-refractivity contribution in [2.45, 2.75) is 19.8 Å². The van der Waals surface area contributed by atoms with Gasteiger partial charge in [-0.2, -0.15) is 0 Å². The maximum Gasteiger partial charge on any atom is 0.331 e. The van der Waals surface area contributed by atoms with Crippen LogP contribution in [0, 0.1) is 6.92 Å². The fraction of sp³-hybridized carbons (Fsp3) is 0.273. The van der Waals surface area contributed by atoms with E-state index in [0.717, 1.165) is 24.2 Å². The van der Waals surface area contributed by atoms with Gasteiger partial charge >= 0.3 is 5.97 Å². The average Bonchev–Trinajstić information content (AvgIpc) is 3.21. The normalized spacial score (nSPS) is 13.7. The van der Waals surface area contributed by atoms with E-state index < -0.39 is 5.97 Å². The Morgan fingerprint density at radius 2 is 1.78 bits per heavy atom. The fourth-order valence-corrected chi connectivity index (χ4v) is 3.04. The summed E-state index contributed by atoms with van der Waals surface area (Å²) in [5.74, 6) is -0.903. The van der Waals surface area contributed by atoms with Gasteiger partial charge in [-0.15, -0.1) is 0 Å². The molecule has 0 saturated carbocycles. The van der Waals surface area contributed by atoms with Gasteiger partial charge in [0.1, 0.15) is 0 Å². The summed E-state index contributed by atoms with van der Waals surface area (Å²) in [6, 6.07) is 15.4. The summed E-state index contributed by atoms with van der Waals surface area (Å²) in [6.07, 6.45) is 5.47. The highest BCUT2D eigenvalue weighted by Crippen LogP contribution is 2.22. The zero-order valence-electron chi connectivity index (χ0n) is 15.5. The SMILES string of the molecule is Cc1ccccc1/C=C/C(=O)OCC(=O)Nc1ccc(N2CCCC2)cc1. The lowest BCUT2D eigenvalue weighted by atomic mass is 10.1. The van der Waals surface area contributed by atoms with E-state index in [0.29, 0.717) is 5.69 Å². The molecule has 5 nitrogen and oxygen atoms in total. The van der Waals surface area contributed by atoms with Crippen molar-refractivity contribution in [3.8, 4) is 0 Å². The Morgan fingerprint density at radius 1 is 1.07 bits per heavy atom. The van der Waals surface area contributed by atoms with Gasteiger partial charge in [-0.1, -0.05) is 24.3 Å². The highest BCUT2D eigenvalue weighted by molar-refractivity contribution is 5.94. The second-order valence-corrected chi connectivity index (χ2v) is 6.59. The zero-order chi connectivity index (χ0) is 19.1. The smallest absolute Gasteiger partial charge is 0.331 e. The van der Waals surface area contributed by atoms with Crippen LogP contribution in [0.25, 0.3) is 6.08 Å². The van der Waals surface area contributed by atoms with E-state index >= 15 is 0 Å². The highest BCUT2D eigenvalue weighted by atomic mass is 16.5. The first kappa shape index (κ1) is 18.7. The Bertz CT molecular complexity index is 822. The van der Waals surface area contributed by atoms with Crippen molar-refractivity contribution in [1.29, 1.82) is 0 Å². The summed E-state index contributed by atoms with van der Waals surface area (Å²) < 4.78 is 5.00. The van der Waals surface area contributed by atoms with E-state index in [9.17, 15) is 9.59 Å². The molecular formula is C22H24N2O3. The Hall–Kier alpha value is -3.08. The lowest BCUT2D eigenvalue weighted by Crippen LogP contribution is -2.20. The number of carbonyl (C=O) groups is 2. The van der Waals surface area contributed by atoms with E-state index in [2.05, 4.69) is 10.2 Å². The third-order valence-electron chi connectivity index (χ3n) is 4.56. The molecular weight excluding hydrogens is 340 g/mol. The molecule has 1 heterocycles. The summed E-state index contributed by atoms with van der Waals surface area (Å²) in [7, 11) is 0. The minimum atomic E-state index is -0.544. The van der Waals surface area contributed by atoms with Gasteiger partial charge in [-0.25, -0.2) is 4.79 Å². The lowest BCUT2D eigenvalue weighted by molar-refractivity contribution is -0.142. The molecule has 2 aromatic rings. The number of hydrogen-bond acceptors (Lipinski definition) is 4. The molecule has 1 amide bonds. The monoisotopic (exact) mass is 364 g/mol. The number of nitrogens with zero attached hydrogens (tertiary/aromatic N) is 1. The number of carbonyl (C=O) groups excluding carboxylic acids is 2. The summed E-state index contributed by atoms with van der Waals surface area (Å²) >= 11 is 0. The molecule has 2 aromatic carbocycles. The third-order valence-corrected chi connectivity index (χ3v) is 4.56. The molecule has 0 bridgehead atoms. The van der Waals surface area contributed by atoms with Crippen molar-refractivity contribution in [3.63, 3.8) is 0 Å². The highest BCUT2D eigenvalue weighted by Gasteiger charge is 2.12. The van der Waals surface area contributed by atoms with Gasteiger partial charge in [0, 0.05) is 30.5 Å². The molecule has 0 radical (unpaired) electrons. The van der Waals surface area contributed by atoms with E-state index in [4.69, 9.17) is 4.74 Å². The first-order valence-electron chi connectivity index (χ1n) is 9.17. The summed E-state index contributed by atoms with van der Waals surface area (Å²) in [5.41, 5.74) is 3.86. The predicted octanol–water partition coefficient (Wildman–Crippen LogP) is 3.79. The Morgan fingerprint density at radius 3 is 2.48 bits per heavy atom. The quantitative estimate of drug-likeness (QED) is 0.626. The number of anilines is 2. The largest absolute Gasteiger partial charge is 0.452 e. The zero-order valence-corrected chi connectivity index (χ0v) is 15.5. The number of amides is 1. The molecule has 27 heavy (non-hydrogen) atoms. The number of nitrogens with one attached hydrogen (secondary N) is 1. The van der Waals surface area contributed by atoms with Gasteiger partial charge in [-0.3, -0.25) is 4.79 Å². The van der Waals surface area contributed by atoms with Crippen LogP contribution in [0.2, 0.25) is 0 Å². The van der Waals surface area contributed by atoms with Gasteiger partial charge in [0.05, 0.1) is 0 Å². The molecule has 140 valence electrons. The number of benzene rings is 2. The first-order chi connectivity index (χ1) is 13.1. The van der Waals surface area contributed by atoms with Crippen LogP contribution in [0.5, 0.6) is 0 Å². The van der Waals surface area contributed by atoms with Gasteiger partial charge in [-0.05, 0) is 61.2 Å². The number of esters is 1. The minimum Gasteiger partial charge on any atom is -0.452 e. The van der Waals surface area contributed by atoms with Crippen LogP contribution in [0.15, 0.2) is 54.6 Å². The van der Waals surface area contributed by atoms with Crippen LogP contribution < -0.4 is 10.2 Å². The second-order valence-electron chi connectivity index (χ2n) is 6.59. The van der Waals surface area contributed by atoms with E-state index in [1.54, 1.807) is 6.08 Å². The fourth-order valence-electron chi connectivity index (χ4n) is 3.04. The number of hydrogen-bond donors (Lipinski definition) is 1. The molecule has 1 aliphatic rings. The molecule has 0 unspecified atom stereocenters. The number of aryl methyl sites for hydroxylation is 1. The average molecular weight is 364 g/mol. The molecule has 1 N–H and O–H groups in total. The Labute approximate surface area is 159 Å². The van der Waals surface area contributed by atoms with Gasteiger partial charge in [0.15, 0.2) is 6.61 Å². The molecule has 0 aliphatic carbocycles. The van der Waals surface area contributed by atoms with Crippen molar-refractivity contribution in [2.75, 3.05) is 29.9 Å². The maximum atomic E-state index is 12.0. The molecule has 1 aliphatic heterocycles. The number of ether oxygens (including phenoxy) is 1. The van der Waals surface area contributed by atoms with Crippen molar-refractivity contribution in [1.82, 2.24) is 0 Å². The maximum absolute atomic E-state index is 12.0. The minimum absolute atomic E-state index is 0.315. The standard InChI is InChI=1S/C22H24N2O3/c1-17-6-2-3-7-18(17)8-13-22(26)27-16-21(25)23-19-9-11-20(12-10-19)24-14-4-5-15-24/h2-3,6-13H,4-5,14-16H2,1H3,(H,23,25)/b13-8+. The van der Waals surface area contributed by atoms with E-state index in [1.807, 2.05) is 55.5 Å². The third kappa shape index (κ3) is 5.45. The Kier molecular flexibility index (Phi) is 6.26. The van der Waals surface area contributed by atoms with Crippen LogP contribution >= 0.6 is 0 Å². The second kappa shape index (κ2) is 9.03. The summed E-state index contributed by atoms with van der Waals surface area (Å²) in [4.78, 5) is 26.1.